The van der Waals surface area contributed by atoms with Crippen LogP contribution in [0.15, 0.2) is 29.5 Å². The minimum absolute atomic E-state index is 0.400. The van der Waals surface area contributed by atoms with Crippen molar-refractivity contribution in [2.24, 2.45) is 16.6 Å². The maximum Gasteiger partial charge on any atom is 0.188 e. The third-order valence-corrected chi connectivity index (χ3v) is 5.00. The number of pyridine rings is 1. The van der Waals surface area contributed by atoms with E-state index in [0.29, 0.717) is 24.0 Å². The molecule has 5 nitrogen and oxygen atoms in total. The minimum atomic E-state index is 0.400. The zero-order valence-electron chi connectivity index (χ0n) is 13.4. The Balaban J connectivity index is 1.61. The standard InChI is InChI=1S/C17H27N5/c1-22-10-8-14(16(22)13-5-4-9-19-11-13)12-20-17(18)21-15-6-2-3-7-15/h4-5,9,11,14-16H,2-3,6-8,10,12H2,1H3,(H3,18,20,21)/t14-,16-/m0/s1. The minimum Gasteiger partial charge on any atom is -0.370 e. The highest BCUT2D eigenvalue weighted by atomic mass is 15.2. The Hall–Kier alpha value is -1.62. The van der Waals surface area contributed by atoms with Crippen molar-refractivity contribution in [3.05, 3.63) is 30.1 Å². The fraction of sp³-hybridized carbons (Fsp3) is 0.647. The SMILES string of the molecule is CN1CC[C@@H](CN=C(N)NC2CCCC2)[C@@H]1c1cccnc1. The fourth-order valence-electron chi connectivity index (χ4n) is 3.84. The lowest BCUT2D eigenvalue weighted by Crippen LogP contribution is -2.39. The Bertz CT molecular complexity index is 495. The van der Waals surface area contributed by atoms with Crippen LogP contribution in [0.3, 0.4) is 0 Å². The first-order valence-corrected chi connectivity index (χ1v) is 8.40. The molecule has 2 atom stereocenters. The lowest BCUT2D eigenvalue weighted by atomic mass is 9.95. The van der Waals surface area contributed by atoms with Gasteiger partial charge in [0.1, 0.15) is 0 Å². The third-order valence-electron chi connectivity index (χ3n) is 5.00. The van der Waals surface area contributed by atoms with E-state index in [1.165, 1.54) is 31.2 Å². The number of guanidine groups is 1. The number of nitrogens with two attached hydrogens (primary N) is 1. The Morgan fingerprint density at radius 1 is 1.41 bits per heavy atom. The second kappa shape index (κ2) is 7.09. The van der Waals surface area contributed by atoms with E-state index in [4.69, 9.17) is 5.73 Å². The summed E-state index contributed by atoms with van der Waals surface area (Å²) in [7, 11) is 2.18. The molecule has 1 aliphatic heterocycles. The second-order valence-electron chi connectivity index (χ2n) is 6.61. The molecule has 0 amide bonds. The molecular weight excluding hydrogens is 274 g/mol. The fourth-order valence-corrected chi connectivity index (χ4v) is 3.84. The van der Waals surface area contributed by atoms with Gasteiger partial charge >= 0.3 is 0 Å². The zero-order chi connectivity index (χ0) is 15.4. The van der Waals surface area contributed by atoms with Crippen LogP contribution in [0.5, 0.6) is 0 Å². The predicted octanol–water partition coefficient (Wildman–Crippen LogP) is 1.92. The molecular formula is C17H27N5. The number of nitrogens with one attached hydrogen (secondary N) is 1. The molecule has 3 rings (SSSR count). The lowest BCUT2D eigenvalue weighted by molar-refractivity contribution is 0.279. The van der Waals surface area contributed by atoms with Crippen LogP contribution in [0.1, 0.15) is 43.7 Å². The molecule has 22 heavy (non-hydrogen) atoms. The molecule has 3 N–H and O–H groups in total. The van der Waals surface area contributed by atoms with Gasteiger partial charge in [0, 0.05) is 31.0 Å². The number of likely N-dealkylation sites (tertiary alicyclic amines) is 1. The smallest absolute Gasteiger partial charge is 0.188 e. The van der Waals surface area contributed by atoms with E-state index >= 15 is 0 Å². The van der Waals surface area contributed by atoms with Crippen LogP contribution in [-0.2, 0) is 0 Å². The summed E-state index contributed by atoms with van der Waals surface area (Å²) in [5.41, 5.74) is 7.35. The van der Waals surface area contributed by atoms with E-state index < -0.39 is 0 Å². The summed E-state index contributed by atoms with van der Waals surface area (Å²) in [5, 5.41) is 3.37. The first kappa shape index (κ1) is 15.3. The summed E-state index contributed by atoms with van der Waals surface area (Å²) >= 11 is 0. The maximum atomic E-state index is 6.06. The molecule has 0 spiro atoms. The molecule has 0 bridgehead atoms. The van der Waals surface area contributed by atoms with Gasteiger partial charge in [-0.05, 0) is 50.4 Å². The number of aromatic nitrogens is 1. The average Bonchev–Trinajstić information content (AvgIpc) is 3.16. The third kappa shape index (κ3) is 3.58. The molecule has 0 radical (unpaired) electrons. The summed E-state index contributed by atoms with van der Waals surface area (Å²) in [6, 6.07) is 5.11. The topological polar surface area (TPSA) is 66.5 Å². The molecule has 120 valence electrons. The van der Waals surface area contributed by atoms with Crippen molar-refractivity contribution < 1.29 is 0 Å². The first-order chi connectivity index (χ1) is 10.7. The molecule has 0 aromatic carbocycles. The Labute approximate surface area is 133 Å². The van der Waals surface area contributed by atoms with Crippen LogP contribution in [-0.4, -0.2) is 42.0 Å². The maximum absolute atomic E-state index is 6.06. The number of aliphatic imine (C=N–C) groups is 1. The molecule has 1 aliphatic carbocycles. The predicted molar refractivity (Wildman–Crippen MR) is 89.6 cm³/mol. The highest BCUT2D eigenvalue weighted by molar-refractivity contribution is 5.78. The van der Waals surface area contributed by atoms with E-state index in [9.17, 15) is 0 Å². The van der Waals surface area contributed by atoms with Gasteiger partial charge in [0.05, 0.1) is 0 Å². The van der Waals surface area contributed by atoms with Gasteiger partial charge in [-0.3, -0.25) is 14.9 Å². The van der Waals surface area contributed by atoms with E-state index in [1.54, 1.807) is 0 Å². The van der Waals surface area contributed by atoms with Crippen molar-refractivity contribution in [2.45, 2.75) is 44.2 Å². The van der Waals surface area contributed by atoms with E-state index in [-0.39, 0.29) is 0 Å². The summed E-state index contributed by atoms with van der Waals surface area (Å²) in [6.07, 6.45) is 10.0. The van der Waals surface area contributed by atoms with E-state index in [2.05, 4.69) is 33.3 Å². The van der Waals surface area contributed by atoms with Crippen molar-refractivity contribution in [3.8, 4) is 0 Å². The van der Waals surface area contributed by atoms with E-state index in [0.717, 1.165) is 19.5 Å². The molecule has 0 unspecified atom stereocenters. The summed E-state index contributed by atoms with van der Waals surface area (Å²) < 4.78 is 0. The van der Waals surface area contributed by atoms with Crippen LogP contribution in [0.4, 0.5) is 0 Å². The van der Waals surface area contributed by atoms with Crippen molar-refractivity contribution in [3.63, 3.8) is 0 Å². The van der Waals surface area contributed by atoms with Gasteiger partial charge in [0.15, 0.2) is 5.96 Å². The highest BCUT2D eigenvalue weighted by Gasteiger charge is 2.32. The largest absolute Gasteiger partial charge is 0.370 e. The number of hydrogen-bond acceptors (Lipinski definition) is 3. The summed E-state index contributed by atoms with van der Waals surface area (Å²) in [5.74, 6) is 1.13. The molecule has 2 fully saturated rings. The number of rotatable bonds is 4. The van der Waals surface area contributed by atoms with E-state index in [1.807, 2.05) is 18.5 Å². The number of nitrogens with zero attached hydrogens (tertiary/aromatic N) is 3. The Morgan fingerprint density at radius 2 is 2.23 bits per heavy atom. The van der Waals surface area contributed by atoms with Gasteiger partial charge in [-0.2, -0.15) is 0 Å². The van der Waals surface area contributed by atoms with Gasteiger partial charge in [-0.1, -0.05) is 18.9 Å². The van der Waals surface area contributed by atoms with Crippen molar-refractivity contribution in [2.75, 3.05) is 20.1 Å². The molecule has 2 heterocycles. The van der Waals surface area contributed by atoms with Gasteiger partial charge in [-0.25, -0.2) is 0 Å². The van der Waals surface area contributed by atoms with Crippen LogP contribution < -0.4 is 11.1 Å². The average molecular weight is 301 g/mol. The monoisotopic (exact) mass is 301 g/mol. The Kier molecular flexibility index (Phi) is 4.93. The van der Waals surface area contributed by atoms with Gasteiger partial charge < -0.3 is 11.1 Å². The second-order valence-corrected chi connectivity index (χ2v) is 6.61. The normalized spacial score (nSPS) is 27.4. The molecule has 1 aromatic rings. The quantitative estimate of drug-likeness (QED) is 0.659. The highest BCUT2D eigenvalue weighted by Crippen LogP contribution is 2.35. The van der Waals surface area contributed by atoms with Crippen LogP contribution in [0.2, 0.25) is 0 Å². The van der Waals surface area contributed by atoms with Crippen LogP contribution >= 0.6 is 0 Å². The van der Waals surface area contributed by atoms with Crippen LogP contribution in [0, 0.1) is 5.92 Å². The summed E-state index contributed by atoms with van der Waals surface area (Å²) in [4.78, 5) is 11.3. The Morgan fingerprint density at radius 3 is 2.95 bits per heavy atom. The summed E-state index contributed by atoms with van der Waals surface area (Å²) in [6.45, 7) is 1.89. The first-order valence-electron chi connectivity index (χ1n) is 8.40. The van der Waals surface area contributed by atoms with Gasteiger partial charge in [0.25, 0.3) is 0 Å². The number of hydrogen-bond donors (Lipinski definition) is 2. The van der Waals surface area contributed by atoms with Crippen molar-refractivity contribution in [1.29, 1.82) is 0 Å². The van der Waals surface area contributed by atoms with Gasteiger partial charge in [0.2, 0.25) is 0 Å². The molecule has 2 aliphatic rings. The van der Waals surface area contributed by atoms with Crippen molar-refractivity contribution in [1.82, 2.24) is 15.2 Å². The zero-order valence-corrected chi connectivity index (χ0v) is 13.4. The van der Waals surface area contributed by atoms with Crippen molar-refractivity contribution >= 4 is 5.96 Å². The molecule has 1 aromatic heterocycles. The lowest BCUT2D eigenvalue weighted by Gasteiger charge is -2.24. The van der Waals surface area contributed by atoms with Gasteiger partial charge in [-0.15, -0.1) is 0 Å². The van der Waals surface area contributed by atoms with Crippen LogP contribution in [0.25, 0.3) is 0 Å². The molecule has 1 saturated carbocycles. The molecule has 5 heteroatoms. The molecule has 1 saturated heterocycles.